The van der Waals surface area contributed by atoms with E-state index in [1.807, 2.05) is 26.5 Å². The van der Waals surface area contributed by atoms with Crippen LogP contribution in [0.25, 0.3) is 0 Å². The summed E-state index contributed by atoms with van der Waals surface area (Å²) < 4.78 is 0. The molecule has 0 aliphatic rings. The molecule has 0 atom stereocenters. The fraction of sp³-hybridized carbons (Fsp3) is 0.667. The molecule has 0 aliphatic heterocycles. The van der Waals surface area contributed by atoms with Crippen molar-refractivity contribution < 1.29 is 0 Å². The highest BCUT2D eigenvalue weighted by atomic mass is 15.2. The number of hydrogen-bond donors (Lipinski definition) is 1. The Balaban J connectivity index is 2.52. The van der Waals surface area contributed by atoms with Crippen molar-refractivity contribution in [3.05, 3.63) is 18.0 Å². The number of hydrogen-bond acceptors (Lipinski definition) is 4. The Labute approximate surface area is 98.1 Å². The Morgan fingerprint density at radius 1 is 1.31 bits per heavy atom. The Morgan fingerprint density at radius 3 is 2.44 bits per heavy atom. The van der Waals surface area contributed by atoms with Gasteiger partial charge < -0.3 is 10.2 Å². The lowest BCUT2D eigenvalue weighted by molar-refractivity contribution is 0.703. The van der Waals surface area contributed by atoms with Crippen molar-refractivity contribution in [3.63, 3.8) is 0 Å². The molecule has 0 unspecified atom stereocenters. The highest BCUT2D eigenvalue weighted by molar-refractivity contribution is 5.28. The minimum atomic E-state index is 0.489. The van der Waals surface area contributed by atoms with Crippen molar-refractivity contribution in [1.29, 1.82) is 0 Å². The van der Waals surface area contributed by atoms with Gasteiger partial charge in [-0.25, -0.2) is 9.97 Å². The highest BCUT2D eigenvalue weighted by Gasteiger charge is 2.05. The lowest BCUT2D eigenvalue weighted by atomic mass is 10.1. The van der Waals surface area contributed by atoms with Crippen LogP contribution >= 0.6 is 0 Å². The van der Waals surface area contributed by atoms with Crippen LogP contribution in [-0.2, 0) is 0 Å². The van der Waals surface area contributed by atoms with Gasteiger partial charge in [-0.15, -0.1) is 0 Å². The summed E-state index contributed by atoms with van der Waals surface area (Å²) in [6.07, 6.45) is 4.94. The Kier molecular flexibility index (Phi) is 5.19. The first-order valence-corrected chi connectivity index (χ1v) is 5.82. The zero-order valence-corrected chi connectivity index (χ0v) is 10.7. The fourth-order valence-corrected chi connectivity index (χ4v) is 1.42. The van der Waals surface area contributed by atoms with E-state index in [0.717, 1.165) is 25.5 Å². The highest BCUT2D eigenvalue weighted by Crippen LogP contribution is 2.13. The molecule has 0 aliphatic carbocycles. The van der Waals surface area contributed by atoms with Gasteiger partial charge >= 0.3 is 0 Å². The molecule has 1 heterocycles. The summed E-state index contributed by atoms with van der Waals surface area (Å²) in [6.45, 7) is 6.29. The maximum Gasteiger partial charge on any atom is 0.224 e. The van der Waals surface area contributed by atoms with Crippen LogP contribution in [0, 0.1) is 0 Å². The molecular weight excluding hydrogens is 200 g/mol. The van der Waals surface area contributed by atoms with Crippen LogP contribution in [0.4, 0.5) is 5.95 Å². The van der Waals surface area contributed by atoms with Crippen molar-refractivity contribution >= 4 is 5.95 Å². The molecule has 0 radical (unpaired) electrons. The first kappa shape index (κ1) is 12.9. The maximum atomic E-state index is 4.37. The average molecular weight is 222 g/mol. The minimum Gasteiger partial charge on any atom is -0.344 e. The number of nitrogens with zero attached hydrogens (tertiary/aromatic N) is 3. The summed E-state index contributed by atoms with van der Waals surface area (Å²) in [5.41, 5.74) is 1.19. The van der Waals surface area contributed by atoms with E-state index >= 15 is 0 Å². The molecule has 90 valence electrons. The molecule has 1 aromatic heterocycles. The molecule has 0 bridgehead atoms. The predicted molar refractivity (Wildman–Crippen MR) is 67.9 cm³/mol. The Bertz CT molecular complexity index is 294. The van der Waals surface area contributed by atoms with Crippen LogP contribution in [0.2, 0.25) is 0 Å². The van der Waals surface area contributed by atoms with Gasteiger partial charge in [0.25, 0.3) is 0 Å². The van der Waals surface area contributed by atoms with E-state index in [0.29, 0.717) is 5.92 Å². The van der Waals surface area contributed by atoms with Gasteiger partial charge in [0.1, 0.15) is 0 Å². The van der Waals surface area contributed by atoms with Crippen molar-refractivity contribution in [2.45, 2.75) is 26.2 Å². The minimum absolute atomic E-state index is 0.489. The standard InChI is InChI=1S/C12H22N4/c1-10(2)11-8-14-12(15-9-11)16(4)7-5-6-13-3/h8-10,13H,5-7H2,1-4H3. The van der Waals surface area contributed by atoms with Gasteiger partial charge in [-0.1, -0.05) is 13.8 Å². The Hall–Kier alpha value is -1.16. The summed E-state index contributed by atoms with van der Waals surface area (Å²) in [6, 6.07) is 0. The molecule has 0 fully saturated rings. The number of rotatable bonds is 6. The van der Waals surface area contributed by atoms with Gasteiger partial charge in [0.2, 0.25) is 5.95 Å². The summed E-state index contributed by atoms with van der Waals surface area (Å²) in [5, 5.41) is 3.13. The van der Waals surface area contributed by atoms with Gasteiger partial charge in [-0.3, -0.25) is 0 Å². The summed E-state index contributed by atoms with van der Waals surface area (Å²) in [4.78, 5) is 10.8. The summed E-state index contributed by atoms with van der Waals surface area (Å²) in [7, 11) is 3.99. The van der Waals surface area contributed by atoms with Crippen molar-refractivity contribution in [1.82, 2.24) is 15.3 Å². The van der Waals surface area contributed by atoms with E-state index in [9.17, 15) is 0 Å². The van der Waals surface area contributed by atoms with Crippen LogP contribution < -0.4 is 10.2 Å². The molecule has 0 spiro atoms. The molecule has 1 rings (SSSR count). The average Bonchev–Trinajstić information content (AvgIpc) is 2.29. The second kappa shape index (κ2) is 6.43. The molecule has 16 heavy (non-hydrogen) atoms. The van der Waals surface area contributed by atoms with Gasteiger partial charge in [0.15, 0.2) is 0 Å². The van der Waals surface area contributed by atoms with Crippen LogP contribution in [0.1, 0.15) is 31.7 Å². The zero-order valence-electron chi connectivity index (χ0n) is 10.7. The van der Waals surface area contributed by atoms with Gasteiger partial charge in [0.05, 0.1) is 0 Å². The first-order chi connectivity index (χ1) is 7.65. The molecule has 4 nitrogen and oxygen atoms in total. The summed E-state index contributed by atoms with van der Waals surface area (Å²) in [5.74, 6) is 1.30. The van der Waals surface area contributed by atoms with Crippen molar-refractivity contribution in [2.75, 3.05) is 32.1 Å². The summed E-state index contributed by atoms with van der Waals surface area (Å²) >= 11 is 0. The monoisotopic (exact) mass is 222 g/mol. The van der Waals surface area contributed by atoms with Crippen LogP contribution in [-0.4, -0.2) is 37.2 Å². The van der Waals surface area contributed by atoms with E-state index < -0.39 is 0 Å². The predicted octanol–water partition coefficient (Wildman–Crippen LogP) is 1.65. The molecule has 1 N–H and O–H groups in total. The topological polar surface area (TPSA) is 41.0 Å². The van der Waals surface area contributed by atoms with Crippen molar-refractivity contribution in [2.24, 2.45) is 0 Å². The van der Waals surface area contributed by atoms with E-state index in [1.165, 1.54) is 5.56 Å². The molecule has 0 amide bonds. The number of anilines is 1. The third kappa shape index (κ3) is 3.77. The van der Waals surface area contributed by atoms with Crippen LogP contribution in [0.5, 0.6) is 0 Å². The SMILES string of the molecule is CNCCCN(C)c1ncc(C(C)C)cn1. The molecule has 0 aromatic carbocycles. The molecule has 0 saturated heterocycles. The van der Waals surface area contributed by atoms with E-state index in [-0.39, 0.29) is 0 Å². The lowest BCUT2D eigenvalue weighted by Gasteiger charge is -2.17. The smallest absolute Gasteiger partial charge is 0.224 e. The second-order valence-corrected chi connectivity index (χ2v) is 4.35. The molecular formula is C12H22N4. The van der Waals surface area contributed by atoms with Gasteiger partial charge in [0, 0.05) is 26.0 Å². The third-order valence-electron chi connectivity index (χ3n) is 2.59. The quantitative estimate of drug-likeness (QED) is 0.743. The molecule has 0 saturated carbocycles. The lowest BCUT2D eigenvalue weighted by Crippen LogP contribution is -2.24. The molecule has 4 heteroatoms. The fourth-order valence-electron chi connectivity index (χ4n) is 1.42. The number of aromatic nitrogens is 2. The number of nitrogens with one attached hydrogen (secondary N) is 1. The van der Waals surface area contributed by atoms with Crippen LogP contribution in [0.3, 0.4) is 0 Å². The van der Waals surface area contributed by atoms with E-state index in [2.05, 4.69) is 34.0 Å². The normalized spacial score (nSPS) is 10.8. The van der Waals surface area contributed by atoms with E-state index in [1.54, 1.807) is 0 Å². The second-order valence-electron chi connectivity index (χ2n) is 4.35. The van der Waals surface area contributed by atoms with Crippen molar-refractivity contribution in [3.8, 4) is 0 Å². The van der Waals surface area contributed by atoms with E-state index in [4.69, 9.17) is 0 Å². The Morgan fingerprint density at radius 2 is 1.94 bits per heavy atom. The van der Waals surface area contributed by atoms with Gasteiger partial charge in [-0.05, 0) is 31.5 Å². The third-order valence-corrected chi connectivity index (χ3v) is 2.59. The maximum absolute atomic E-state index is 4.37. The van der Waals surface area contributed by atoms with Crippen LogP contribution in [0.15, 0.2) is 12.4 Å². The first-order valence-electron chi connectivity index (χ1n) is 5.82. The largest absolute Gasteiger partial charge is 0.344 e. The zero-order chi connectivity index (χ0) is 12.0. The molecule has 1 aromatic rings. The van der Waals surface area contributed by atoms with Gasteiger partial charge in [-0.2, -0.15) is 0 Å².